The topological polar surface area (TPSA) is 57.5 Å². The number of allylic oxidation sites excluding steroid dienone is 2. The summed E-state index contributed by atoms with van der Waals surface area (Å²) in [4.78, 5) is 13.3. The van der Waals surface area contributed by atoms with Crippen LogP contribution in [0.4, 0.5) is 0 Å². The molecule has 0 saturated heterocycles. The average Bonchev–Trinajstić information content (AvgIpc) is 2.86. The van der Waals surface area contributed by atoms with Crippen LogP contribution in [-0.2, 0) is 11.2 Å². The highest BCUT2D eigenvalue weighted by Crippen LogP contribution is 2.38. The van der Waals surface area contributed by atoms with Crippen LogP contribution in [0.25, 0.3) is 0 Å². The van der Waals surface area contributed by atoms with E-state index in [1.165, 1.54) is 4.88 Å². The van der Waals surface area contributed by atoms with Crippen molar-refractivity contribution >= 4 is 17.3 Å². The molecule has 4 heteroatoms. The molecule has 1 aromatic rings. The smallest absolute Gasteiger partial charge is 0.307 e. The summed E-state index contributed by atoms with van der Waals surface area (Å²) < 4.78 is 0. The number of carbonyl (C=O) groups is 1. The maximum Gasteiger partial charge on any atom is 0.307 e. The lowest BCUT2D eigenvalue weighted by molar-refractivity contribution is -0.145. The van der Waals surface area contributed by atoms with E-state index in [1.54, 1.807) is 11.3 Å². The summed E-state index contributed by atoms with van der Waals surface area (Å²) in [7, 11) is 0. The van der Waals surface area contributed by atoms with Gasteiger partial charge in [-0.25, -0.2) is 0 Å². The van der Waals surface area contributed by atoms with Crippen LogP contribution in [0, 0.1) is 11.8 Å². The van der Waals surface area contributed by atoms with Crippen molar-refractivity contribution in [3.63, 3.8) is 0 Å². The molecule has 18 heavy (non-hydrogen) atoms. The molecule has 1 aliphatic carbocycles. The second kappa shape index (κ2) is 5.67. The number of thiophene rings is 1. The van der Waals surface area contributed by atoms with Crippen LogP contribution in [0.5, 0.6) is 0 Å². The third-order valence-electron chi connectivity index (χ3n) is 3.53. The van der Waals surface area contributed by atoms with E-state index in [2.05, 4.69) is 6.92 Å². The van der Waals surface area contributed by atoms with E-state index in [4.69, 9.17) is 0 Å². The van der Waals surface area contributed by atoms with Crippen molar-refractivity contribution in [3.05, 3.63) is 34.0 Å². The van der Waals surface area contributed by atoms with Gasteiger partial charge in [0.05, 0.1) is 12.0 Å². The van der Waals surface area contributed by atoms with Gasteiger partial charge >= 0.3 is 5.97 Å². The second-order valence-electron chi connectivity index (χ2n) is 4.65. The Labute approximate surface area is 111 Å². The zero-order chi connectivity index (χ0) is 13.1. The monoisotopic (exact) mass is 266 g/mol. The van der Waals surface area contributed by atoms with Gasteiger partial charge in [-0.3, -0.25) is 4.79 Å². The molecule has 0 amide bonds. The minimum absolute atomic E-state index is 0.212. The number of aliphatic hydroxyl groups excluding tert-OH is 1. The molecule has 2 N–H and O–H groups in total. The highest BCUT2D eigenvalue weighted by molar-refractivity contribution is 7.12. The predicted molar refractivity (Wildman–Crippen MR) is 71.6 cm³/mol. The first-order chi connectivity index (χ1) is 8.63. The quantitative estimate of drug-likeness (QED) is 0.824. The number of rotatable bonds is 4. The summed E-state index contributed by atoms with van der Waals surface area (Å²) in [6, 6.07) is 3.93. The van der Waals surface area contributed by atoms with E-state index < -0.39 is 18.0 Å². The number of aryl methyl sites for hydroxylation is 1. The number of aliphatic hydroxyl groups is 1. The predicted octanol–water partition coefficient (Wildman–Crippen LogP) is 3.01. The Morgan fingerprint density at radius 1 is 1.44 bits per heavy atom. The van der Waals surface area contributed by atoms with Crippen molar-refractivity contribution in [2.45, 2.75) is 32.3 Å². The number of hydrogen-bond donors (Lipinski definition) is 2. The van der Waals surface area contributed by atoms with Gasteiger partial charge < -0.3 is 10.2 Å². The Kier molecular flexibility index (Phi) is 4.19. The molecule has 0 radical (unpaired) electrons. The van der Waals surface area contributed by atoms with Gasteiger partial charge in [0.2, 0.25) is 0 Å². The highest BCUT2D eigenvalue weighted by Gasteiger charge is 2.34. The molecule has 1 heterocycles. The SMILES string of the molecule is CCc1ccc(C(O)C2CC=CCC2C(=O)O)s1. The number of carboxylic acids is 1. The summed E-state index contributed by atoms with van der Waals surface area (Å²) in [5.74, 6) is -1.50. The average molecular weight is 266 g/mol. The Hall–Kier alpha value is -1.13. The van der Waals surface area contributed by atoms with Gasteiger partial charge in [0.15, 0.2) is 0 Å². The lowest BCUT2D eigenvalue weighted by Crippen LogP contribution is -2.29. The maximum absolute atomic E-state index is 11.2. The molecule has 0 bridgehead atoms. The van der Waals surface area contributed by atoms with Crippen LogP contribution >= 0.6 is 11.3 Å². The van der Waals surface area contributed by atoms with Crippen molar-refractivity contribution in [1.29, 1.82) is 0 Å². The first-order valence-electron chi connectivity index (χ1n) is 6.28. The molecule has 0 aromatic carbocycles. The Morgan fingerprint density at radius 2 is 2.17 bits per heavy atom. The number of hydrogen-bond acceptors (Lipinski definition) is 3. The van der Waals surface area contributed by atoms with E-state index in [0.29, 0.717) is 12.8 Å². The summed E-state index contributed by atoms with van der Waals surface area (Å²) in [5, 5.41) is 19.6. The standard InChI is InChI=1S/C14H18O3S/c1-2-9-7-8-12(18-9)13(15)10-5-3-4-6-11(10)14(16)17/h3-4,7-8,10-11,13,15H,2,5-6H2,1H3,(H,16,17). The Bertz CT molecular complexity index is 450. The van der Waals surface area contributed by atoms with E-state index in [1.807, 2.05) is 24.3 Å². The minimum atomic E-state index is -0.810. The Balaban J connectivity index is 2.18. The van der Waals surface area contributed by atoms with E-state index in [-0.39, 0.29) is 5.92 Å². The lowest BCUT2D eigenvalue weighted by atomic mass is 9.79. The van der Waals surface area contributed by atoms with Crippen LogP contribution in [0.1, 0.15) is 35.6 Å². The van der Waals surface area contributed by atoms with Crippen molar-refractivity contribution in [2.75, 3.05) is 0 Å². The van der Waals surface area contributed by atoms with Crippen molar-refractivity contribution in [1.82, 2.24) is 0 Å². The second-order valence-corrected chi connectivity index (χ2v) is 5.85. The molecular formula is C14H18O3S. The molecule has 0 fully saturated rings. The van der Waals surface area contributed by atoms with Gasteiger partial charge in [0.25, 0.3) is 0 Å². The molecular weight excluding hydrogens is 248 g/mol. The molecule has 2 rings (SSSR count). The number of aliphatic carboxylic acids is 1. The van der Waals surface area contributed by atoms with Crippen LogP contribution in [-0.4, -0.2) is 16.2 Å². The zero-order valence-electron chi connectivity index (χ0n) is 10.4. The third-order valence-corrected chi connectivity index (χ3v) is 4.83. The van der Waals surface area contributed by atoms with E-state index >= 15 is 0 Å². The van der Waals surface area contributed by atoms with Gasteiger partial charge in [0, 0.05) is 15.7 Å². The molecule has 0 aliphatic heterocycles. The van der Waals surface area contributed by atoms with Crippen molar-refractivity contribution < 1.29 is 15.0 Å². The molecule has 0 saturated carbocycles. The van der Waals surface area contributed by atoms with Gasteiger partial charge in [0.1, 0.15) is 0 Å². The van der Waals surface area contributed by atoms with E-state index in [0.717, 1.165) is 11.3 Å². The minimum Gasteiger partial charge on any atom is -0.481 e. The lowest BCUT2D eigenvalue weighted by Gasteiger charge is -2.28. The highest BCUT2D eigenvalue weighted by atomic mass is 32.1. The fourth-order valence-electron chi connectivity index (χ4n) is 2.42. The van der Waals surface area contributed by atoms with Gasteiger partial charge in [-0.15, -0.1) is 11.3 Å². The van der Waals surface area contributed by atoms with Gasteiger partial charge in [-0.05, 0) is 31.4 Å². The first-order valence-corrected chi connectivity index (χ1v) is 7.09. The normalized spacial score (nSPS) is 25.0. The van der Waals surface area contributed by atoms with E-state index in [9.17, 15) is 15.0 Å². The molecule has 1 aromatic heterocycles. The molecule has 3 nitrogen and oxygen atoms in total. The molecule has 0 spiro atoms. The van der Waals surface area contributed by atoms with Crippen molar-refractivity contribution in [2.24, 2.45) is 11.8 Å². The van der Waals surface area contributed by atoms with Gasteiger partial charge in [-0.1, -0.05) is 19.1 Å². The maximum atomic E-state index is 11.2. The van der Waals surface area contributed by atoms with Crippen LogP contribution in [0.15, 0.2) is 24.3 Å². The summed E-state index contributed by atoms with van der Waals surface area (Å²) >= 11 is 1.58. The fraction of sp³-hybridized carbons (Fsp3) is 0.500. The summed E-state index contributed by atoms with van der Waals surface area (Å²) in [6.07, 6.45) is 5.31. The Morgan fingerprint density at radius 3 is 2.78 bits per heavy atom. The van der Waals surface area contributed by atoms with Crippen molar-refractivity contribution in [3.8, 4) is 0 Å². The largest absolute Gasteiger partial charge is 0.481 e. The summed E-state index contributed by atoms with van der Waals surface area (Å²) in [5.41, 5.74) is 0. The van der Waals surface area contributed by atoms with Gasteiger partial charge in [-0.2, -0.15) is 0 Å². The van der Waals surface area contributed by atoms with Crippen LogP contribution in [0.2, 0.25) is 0 Å². The van der Waals surface area contributed by atoms with Crippen LogP contribution < -0.4 is 0 Å². The fourth-order valence-corrected chi connectivity index (χ4v) is 3.44. The molecule has 98 valence electrons. The summed E-state index contributed by atoms with van der Waals surface area (Å²) in [6.45, 7) is 2.07. The molecule has 3 atom stereocenters. The zero-order valence-corrected chi connectivity index (χ0v) is 11.2. The number of carboxylic acid groups (broad SMARTS) is 1. The van der Waals surface area contributed by atoms with Crippen LogP contribution in [0.3, 0.4) is 0 Å². The first kappa shape index (κ1) is 13.3. The third kappa shape index (κ3) is 2.65. The molecule has 3 unspecified atom stereocenters. The molecule has 1 aliphatic rings.